The minimum absolute atomic E-state index is 0.0209. The molecule has 0 aliphatic rings. The molecule has 0 aromatic heterocycles. The van der Waals surface area contributed by atoms with Gasteiger partial charge >= 0.3 is 0 Å². The first kappa shape index (κ1) is 14.5. The van der Waals surface area contributed by atoms with Crippen LogP contribution in [0.3, 0.4) is 0 Å². The Kier molecular flexibility index (Phi) is 6.23. The molecule has 2 nitrogen and oxygen atoms in total. The van der Waals surface area contributed by atoms with Crippen LogP contribution < -0.4 is 4.90 Å². The highest BCUT2D eigenvalue weighted by molar-refractivity contribution is 5.56. The van der Waals surface area contributed by atoms with E-state index in [9.17, 15) is 0 Å². The number of nitrogens with zero attached hydrogens (tertiary/aromatic N) is 1. The summed E-state index contributed by atoms with van der Waals surface area (Å²) in [4.78, 5) is 2.33. The molecule has 0 radical (unpaired) electrons. The van der Waals surface area contributed by atoms with E-state index in [4.69, 9.17) is 4.74 Å². The Hall–Kier alpha value is -1.54. The van der Waals surface area contributed by atoms with Crippen LogP contribution >= 0.6 is 0 Å². The molecule has 0 fully saturated rings. The molecule has 1 aromatic rings. The first-order valence-corrected chi connectivity index (χ1v) is 6.43. The SMILES string of the molecule is C=CC(C=Cc1ccc(N(CC)CC)cc1)OC. The minimum atomic E-state index is -0.0209. The number of ether oxygens (including phenoxy) is 1. The van der Waals surface area contributed by atoms with Crippen molar-refractivity contribution < 1.29 is 4.74 Å². The Morgan fingerprint density at radius 2 is 1.83 bits per heavy atom. The summed E-state index contributed by atoms with van der Waals surface area (Å²) in [5, 5.41) is 0. The van der Waals surface area contributed by atoms with Crippen LogP contribution in [0.15, 0.2) is 43.0 Å². The lowest BCUT2D eigenvalue weighted by atomic mass is 10.1. The number of methoxy groups -OCH3 is 1. The molecule has 0 spiro atoms. The number of anilines is 1. The number of benzene rings is 1. The molecule has 1 rings (SSSR count). The zero-order chi connectivity index (χ0) is 13.4. The summed E-state index contributed by atoms with van der Waals surface area (Å²) in [7, 11) is 1.68. The van der Waals surface area contributed by atoms with Gasteiger partial charge in [0.2, 0.25) is 0 Å². The zero-order valence-electron chi connectivity index (χ0n) is 11.6. The van der Waals surface area contributed by atoms with Gasteiger partial charge in [0.15, 0.2) is 0 Å². The number of hydrogen-bond donors (Lipinski definition) is 0. The molecule has 0 saturated carbocycles. The summed E-state index contributed by atoms with van der Waals surface area (Å²) >= 11 is 0. The summed E-state index contributed by atoms with van der Waals surface area (Å²) < 4.78 is 5.20. The van der Waals surface area contributed by atoms with Crippen molar-refractivity contribution in [2.24, 2.45) is 0 Å². The summed E-state index contributed by atoms with van der Waals surface area (Å²) in [5.74, 6) is 0. The van der Waals surface area contributed by atoms with Crippen molar-refractivity contribution in [2.45, 2.75) is 20.0 Å². The van der Waals surface area contributed by atoms with Crippen LogP contribution in [-0.4, -0.2) is 26.3 Å². The van der Waals surface area contributed by atoms with Crippen LogP contribution in [0.4, 0.5) is 5.69 Å². The van der Waals surface area contributed by atoms with Gasteiger partial charge < -0.3 is 9.64 Å². The maximum Gasteiger partial charge on any atom is 0.0934 e. The Morgan fingerprint density at radius 1 is 1.22 bits per heavy atom. The van der Waals surface area contributed by atoms with Crippen molar-refractivity contribution in [2.75, 3.05) is 25.1 Å². The van der Waals surface area contributed by atoms with Gasteiger partial charge in [-0.15, -0.1) is 6.58 Å². The van der Waals surface area contributed by atoms with Gasteiger partial charge in [-0.25, -0.2) is 0 Å². The van der Waals surface area contributed by atoms with E-state index in [1.165, 1.54) is 11.3 Å². The fraction of sp³-hybridized carbons (Fsp3) is 0.375. The van der Waals surface area contributed by atoms with E-state index in [1.807, 2.05) is 6.08 Å². The van der Waals surface area contributed by atoms with Gasteiger partial charge in [-0.2, -0.15) is 0 Å². The Labute approximate surface area is 111 Å². The third kappa shape index (κ3) is 4.04. The first-order chi connectivity index (χ1) is 8.74. The summed E-state index contributed by atoms with van der Waals surface area (Å²) in [6, 6.07) is 8.56. The predicted octanol–water partition coefficient (Wildman–Crippen LogP) is 3.75. The fourth-order valence-electron chi connectivity index (χ4n) is 1.84. The van der Waals surface area contributed by atoms with E-state index in [1.54, 1.807) is 13.2 Å². The van der Waals surface area contributed by atoms with Gasteiger partial charge in [0.25, 0.3) is 0 Å². The van der Waals surface area contributed by atoms with Crippen molar-refractivity contribution in [3.63, 3.8) is 0 Å². The van der Waals surface area contributed by atoms with Gasteiger partial charge in [-0.05, 0) is 31.5 Å². The Morgan fingerprint density at radius 3 is 2.28 bits per heavy atom. The van der Waals surface area contributed by atoms with Crippen LogP contribution in [0, 0.1) is 0 Å². The molecule has 18 heavy (non-hydrogen) atoms. The lowest BCUT2D eigenvalue weighted by Crippen LogP contribution is -2.21. The van der Waals surface area contributed by atoms with E-state index >= 15 is 0 Å². The molecule has 0 aliphatic carbocycles. The molecule has 0 bridgehead atoms. The van der Waals surface area contributed by atoms with E-state index in [-0.39, 0.29) is 6.10 Å². The summed E-state index contributed by atoms with van der Waals surface area (Å²) in [5.41, 5.74) is 2.44. The van der Waals surface area contributed by atoms with E-state index in [0.29, 0.717) is 0 Å². The van der Waals surface area contributed by atoms with Gasteiger partial charge in [0.05, 0.1) is 6.10 Å². The fourth-order valence-corrected chi connectivity index (χ4v) is 1.84. The standard InChI is InChI=1S/C16H23NO/c1-5-16(18-4)13-10-14-8-11-15(12-9-14)17(6-2)7-3/h5,8-13,16H,1,6-7H2,2-4H3. The van der Waals surface area contributed by atoms with E-state index in [0.717, 1.165) is 13.1 Å². The Bertz CT molecular complexity index is 377. The van der Waals surface area contributed by atoms with Gasteiger partial charge in [0, 0.05) is 25.9 Å². The minimum Gasteiger partial charge on any atom is -0.373 e. The highest BCUT2D eigenvalue weighted by atomic mass is 16.5. The monoisotopic (exact) mass is 245 g/mol. The highest BCUT2D eigenvalue weighted by Crippen LogP contribution is 2.15. The Balaban J connectivity index is 2.73. The molecule has 0 amide bonds. The maximum absolute atomic E-state index is 5.20. The average Bonchev–Trinajstić information content (AvgIpc) is 2.43. The van der Waals surface area contributed by atoms with Crippen LogP contribution in [0.25, 0.3) is 6.08 Å². The normalized spacial score (nSPS) is 12.6. The van der Waals surface area contributed by atoms with Crippen molar-refractivity contribution in [3.05, 3.63) is 48.6 Å². The summed E-state index contributed by atoms with van der Waals surface area (Å²) in [6.07, 6.45) is 5.81. The van der Waals surface area contributed by atoms with Crippen LogP contribution in [-0.2, 0) is 4.74 Å². The predicted molar refractivity (Wildman–Crippen MR) is 80.0 cm³/mol. The van der Waals surface area contributed by atoms with Crippen molar-refractivity contribution in [1.29, 1.82) is 0 Å². The molecule has 1 atom stereocenters. The highest BCUT2D eigenvalue weighted by Gasteiger charge is 2.00. The van der Waals surface area contributed by atoms with Gasteiger partial charge in [-0.3, -0.25) is 0 Å². The molecular formula is C16H23NO. The average molecular weight is 245 g/mol. The molecule has 0 N–H and O–H groups in total. The van der Waals surface area contributed by atoms with Crippen molar-refractivity contribution in [1.82, 2.24) is 0 Å². The largest absolute Gasteiger partial charge is 0.373 e. The maximum atomic E-state index is 5.20. The van der Waals surface area contributed by atoms with E-state index < -0.39 is 0 Å². The molecule has 0 saturated heterocycles. The lowest BCUT2D eigenvalue weighted by Gasteiger charge is -2.20. The first-order valence-electron chi connectivity index (χ1n) is 6.43. The molecule has 0 aliphatic heterocycles. The van der Waals surface area contributed by atoms with Crippen LogP contribution in [0.2, 0.25) is 0 Å². The molecule has 1 unspecified atom stereocenters. The summed E-state index contributed by atoms with van der Waals surface area (Å²) in [6.45, 7) is 10.1. The second-order valence-corrected chi connectivity index (χ2v) is 4.06. The number of rotatable bonds is 7. The molecule has 1 aromatic carbocycles. The third-order valence-corrected chi connectivity index (χ3v) is 3.00. The van der Waals surface area contributed by atoms with Crippen molar-refractivity contribution >= 4 is 11.8 Å². The third-order valence-electron chi connectivity index (χ3n) is 3.00. The molecule has 98 valence electrons. The second kappa shape index (κ2) is 7.72. The number of hydrogen-bond acceptors (Lipinski definition) is 2. The molecular weight excluding hydrogens is 222 g/mol. The quantitative estimate of drug-likeness (QED) is 0.678. The molecule has 0 heterocycles. The van der Waals surface area contributed by atoms with Gasteiger partial charge in [0.1, 0.15) is 0 Å². The van der Waals surface area contributed by atoms with E-state index in [2.05, 4.69) is 55.7 Å². The van der Waals surface area contributed by atoms with Crippen LogP contribution in [0.1, 0.15) is 19.4 Å². The van der Waals surface area contributed by atoms with Gasteiger partial charge in [-0.1, -0.05) is 30.4 Å². The van der Waals surface area contributed by atoms with Crippen LogP contribution in [0.5, 0.6) is 0 Å². The second-order valence-electron chi connectivity index (χ2n) is 4.06. The zero-order valence-corrected chi connectivity index (χ0v) is 11.6. The smallest absolute Gasteiger partial charge is 0.0934 e. The van der Waals surface area contributed by atoms with Crippen molar-refractivity contribution in [3.8, 4) is 0 Å². The topological polar surface area (TPSA) is 12.5 Å². The molecule has 2 heteroatoms. The lowest BCUT2D eigenvalue weighted by molar-refractivity contribution is 0.178.